The highest BCUT2D eigenvalue weighted by Gasteiger charge is 2.21. The minimum atomic E-state index is -0.0432. The van der Waals surface area contributed by atoms with E-state index in [0.29, 0.717) is 18.9 Å². The van der Waals surface area contributed by atoms with Crippen LogP contribution in [0.3, 0.4) is 0 Å². The third-order valence-electron chi connectivity index (χ3n) is 3.20. The van der Waals surface area contributed by atoms with E-state index in [1.165, 1.54) is 0 Å². The Kier molecular flexibility index (Phi) is 6.12. The fourth-order valence-electron chi connectivity index (χ4n) is 2.03. The predicted octanol–water partition coefficient (Wildman–Crippen LogP) is 0.489. The molecule has 1 rings (SSSR count). The van der Waals surface area contributed by atoms with Crippen LogP contribution >= 0.6 is 0 Å². The van der Waals surface area contributed by atoms with E-state index in [1.54, 1.807) is 4.90 Å². The highest BCUT2D eigenvalue weighted by atomic mass is 16.2. The van der Waals surface area contributed by atoms with Crippen molar-refractivity contribution in [3.05, 3.63) is 0 Å². The summed E-state index contributed by atoms with van der Waals surface area (Å²) in [5.74, 6) is 0.438. The molecule has 1 atom stereocenters. The number of hydrogen-bond acceptors (Lipinski definition) is 3. The van der Waals surface area contributed by atoms with Crippen LogP contribution < -0.4 is 11.1 Å². The highest BCUT2D eigenvalue weighted by molar-refractivity contribution is 5.84. The van der Waals surface area contributed by atoms with Crippen molar-refractivity contribution in [1.29, 1.82) is 0 Å². The van der Waals surface area contributed by atoms with Crippen molar-refractivity contribution < 1.29 is 9.59 Å². The minimum Gasteiger partial charge on any atom is -0.347 e. The van der Waals surface area contributed by atoms with Gasteiger partial charge in [0, 0.05) is 25.6 Å². The first-order valence-corrected chi connectivity index (χ1v) is 6.79. The standard InChI is InChI=1S/C13H25N3O2/c1-10(2)5-6-12(17)15-8-13(18)16-7-3-4-11(14)9-16/h10-11H,3-9,14H2,1-2H3,(H,15,17). The van der Waals surface area contributed by atoms with Crippen molar-refractivity contribution in [3.63, 3.8) is 0 Å². The van der Waals surface area contributed by atoms with Crippen molar-refractivity contribution in [2.24, 2.45) is 11.7 Å². The third-order valence-corrected chi connectivity index (χ3v) is 3.20. The lowest BCUT2D eigenvalue weighted by atomic mass is 10.1. The second-order valence-electron chi connectivity index (χ2n) is 5.45. The Hall–Kier alpha value is -1.10. The van der Waals surface area contributed by atoms with E-state index in [0.717, 1.165) is 25.8 Å². The summed E-state index contributed by atoms with van der Waals surface area (Å²) in [6.45, 7) is 5.62. The van der Waals surface area contributed by atoms with Gasteiger partial charge in [-0.2, -0.15) is 0 Å². The maximum Gasteiger partial charge on any atom is 0.242 e. The third kappa shape index (κ3) is 5.49. The number of amides is 2. The summed E-state index contributed by atoms with van der Waals surface area (Å²) in [6, 6.07) is 0.0827. The first-order valence-electron chi connectivity index (χ1n) is 6.79. The number of nitrogens with one attached hydrogen (secondary N) is 1. The zero-order valence-corrected chi connectivity index (χ0v) is 11.4. The number of carbonyl (C=O) groups excluding carboxylic acids is 2. The summed E-state index contributed by atoms with van der Waals surface area (Å²) < 4.78 is 0. The lowest BCUT2D eigenvalue weighted by Gasteiger charge is -2.30. The van der Waals surface area contributed by atoms with Crippen molar-refractivity contribution in [3.8, 4) is 0 Å². The Labute approximate surface area is 109 Å². The van der Waals surface area contributed by atoms with E-state index < -0.39 is 0 Å². The van der Waals surface area contributed by atoms with Gasteiger partial charge in [-0.25, -0.2) is 0 Å². The second-order valence-corrected chi connectivity index (χ2v) is 5.45. The summed E-state index contributed by atoms with van der Waals surface area (Å²) in [4.78, 5) is 25.1. The molecule has 3 N–H and O–H groups in total. The first-order chi connectivity index (χ1) is 8.49. The largest absolute Gasteiger partial charge is 0.347 e. The molecule has 0 bridgehead atoms. The van der Waals surface area contributed by atoms with Gasteiger partial charge in [-0.1, -0.05) is 13.8 Å². The minimum absolute atomic E-state index is 0.0250. The number of rotatable bonds is 5. The number of nitrogens with two attached hydrogens (primary N) is 1. The Morgan fingerprint density at radius 3 is 2.78 bits per heavy atom. The van der Waals surface area contributed by atoms with Gasteiger partial charge in [0.1, 0.15) is 0 Å². The molecule has 0 aromatic heterocycles. The molecule has 0 aliphatic carbocycles. The van der Waals surface area contributed by atoms with Crippen LogP contribution in [0, 0.1) is 5.92 Å². The molecule has 5 nitrogen and oxygen atoms in total. The summed E-state index contributed by atoms with van der Waals surface area (Å²) in [5.41, 5.74) is 5.82. The highest BCUT2D eigenvalue weighted by Crippen LogP contribution is 2.08. The summed E-state index contributed by atoms with van der Waals surface area (Å²) in [5, 5.41) is 2.68. The van der Waals surface area contributed by atoms with Gasteiger partial charge >= 0.3 is 0 Å². The molecule has 2 amide bonds. The zero-order valence-electron chi connectivity index (χ0n) is 11.4. The van der Waals surface area contributed by atoms with Gasteiger partial charge in [-0.05, 0) is 25.2 Å². The van der Waals surface area contributed by atoms with Crippen LogP contribution in [0.1, 0.15) is 39.5 Å². The maximum atomic E-state index is 11.8. The monoisotopic (exact) mass is 255 g/mol. The summed E-state index contributed by atoms with van der Waals surface area (Å²) in [7, 11) is 0. The topological polar surface area (TPSA) is 75.4 Å². The smallest absolute Gasteiger partial charge is 0.242 e. The molecule has 1 saturated heterocycles. The van der Waals surface area contributed by atoms with Crippen LogP contribution in [-0.4, -0.2) is 42.4 Å². The number of hydrogen-bond donors (Lipinski definition) is 2. The average Bonchev–Trinajstić information content (AvgIpc) is 2.33. The molecule has 1 aliphatic rings. The zero-order chi connectivity index (χ0) is 13.5. The van der Waals surface area contributed by atoms with E-state index >= 15 is 0 Å². The van der Waals surface area contributed by atoms with Gasteiger partial charge in [0.05, 0.1) is 6.54 Å². The molecule has 104 valence electrons. The molecule has 1 unspecified atom stereocenters. The van der Waals surface area contributed by atoms with Gasteiger partial charge in [0.25, 0.3) is 0 Å². The Balaban J connectivity index is 2.21. The van der Waals surface area contributed by atoms with Crippen molar-refractivity contribution in [2.75, 3.05) is 19.6 Å². The molecule has 1 heterocycles. The summed E-state index contributed by atoms with van der Waals surface area (Å²) in [6.07, 6.45) is 3.28. The van der Waals surface area contributed by atoms with E-state index in [1.807, 2.05) is 0 Å². The lowest BCUT2D eigenvalue weighted by Crippen LogP contribution is -2.48. The fourth-order valence-corrected chi connectivity index (χ4v) is 2.03. The first kappa shape index (κ1) is 15.0. The van der Waals surface area contributed by atoms with E-state index in [2.05, 4.69) is 19.2 Å². The molecule has 0 aromatic carbocycles. The molecule has 0 aromatic rings. The van der Waals surface area contributed by atoms with Crippen LogP contribution in [0.15, 0.2) is 0 Å². The van der Waals surface area contributed by atoms with E-state index in [9.17, 15) is 9.59 Å². The van der Waals surface area contributed by atoms with Gasteiger partial charge < -0.3 is 16.0 Å². The molecule has 18 heavy (non-hydrogen) atoms. The molecule has 1 aliphatic heterocycles. The molecule has 0 spiro atoms. The van der Waals surface area contributed by atoms with Crippen LogP contribution in [0.4, 0.5) is 0 Å². The number of nitrogens with zero attached hydrogens (tertiary/aromatic N) is 1. The molecule has 0 radical (unpaired) electrons. The van der Waals surface area contributed by atoms with Crippen LogP contribution in [0.5, 0.6) is 0 Å². The predicted molar refractivity (Wildman–Crippen MR) is 70.9 cm³/mol. The molecular weight excluding hydrogens is 230 g/mol. The number of carbonyl (C=O) groups is 2. The van der Waals surface area contributed by atoms with Crippen LogP contribution in [-0.2, 0) is 9.59 Å². The average molecular weight is 255 g/mol. The fraction of sp³-hybridized carbons (Fsp3) is 0.846. The number of piperidine rings is 1. The van der Waals surface area contributed by atoms with Crippen molar-refractivity contribution >= 4 is 11.8 Å². The van der Waals surface area contributed by atoms with E-state index in [-0.39, 0.29) is 24.4 Å². The normalized spacial score (nSPS) is 20.0. The Morgan fingerprint density at radius 1 is 1.44 bits per heavy atom. The van der Waals surface area contributed by atoms with Gasteiger partial charge in [0.2, 0.25) is 11.8 Å². The van der Waals surface area contributed by atoms with Gasteiger partial charge in [-0.3, -0.25) is 9.59 Å². The van der Waals surface area contributed by atoms with Crippen LogP contribution in [0.25, 0.3) is 0 Å². The Morgan fingerprint density at radius 2 is 2.17 bits per heavy atom. The Bertz CT molecular complexity index is 292. The van der Waals surface area contributed by atoms with Gasteiger partial charge in [0.15, 0.2) is 0 Å². The number of likely N-dealkylation sites (tertiary alicyclic amines) is 1. The maximum absolute atomic E-state index is 11.8. The molecule has 1 fully saturated rings. The van der Waals surface area contributed by atoms with Gasteiger partial charge in [-0.15, -0.1) is 0 Å². The second kappa shape index (κ2) is 7.36. The van der Waals surface area contributed by atoms with E-state index in [4.69, 9.17) is 5.73 Å². The van der Waals surface area contributed by atoms with Crippen LogP contribution in [0.2, 0.25) is 0 Å². The SMILES string of the molecule is CC(C)CCC(=O)NCC(=O)N1CCCC(N)C1. The molecule has 5 heteroatoms. The summed E-state index contributed by atoms with van der Waals surface area (Å²) >= 11 is 0. The molecular formula is C13H25N3O2. The van der Waals surface area contributed by atoms with Crippen molar-refractivity contribution in [1.82, 2.24) is 10.2 Å². The molecule has 0 saturated carbocycles. The van der Waals surface area contributed by atoms with Crippen molar-refractivity contribution in [2.45, 2.75) is 45.6 Å². The quantitative estimate of drug-likeness (QED) is 0.750. The lowest BCUT2D eigenvalue weighted by molar-refractivity contribution is -0.133.